The molecule has 1 atom stereocenters. The fourth-order valence-corrected chi connectivity index (χ4v) is 4.41. The van der Waals surface area contributed by atoms with Gasteiger partial charge in [0.25, 0.3) is 0 Å². The van der Waals surface area contributed by atoms with Crippen molar-refractivity contribution >= 4 is 25.8 Å². The summed E-state index contributed by atoms with van der Waals surface area (Å²) in [6.07, 6.45) is 0. The minimum absolute atomic E-state index is 0.0845. The first-order valence-electron chi connectivity index (χ1n) is 8.31. The molecule has 1 amide bonds. The van der Waals surface area contributed by atoms with E-state index >= 15 is 0 Å². The molecule has 0 saturated heterocycles. The fraction of sp³-hybridized carbons (Fsp3) is 0.278. The third-order valence-electron chi connectivity index (χ3n) is 4.13. The highest BCUT2D eigenvalue weighted by Crippen LogP contribution is 2.17. The van der Waals surface area contributed by atoms with Crippen LogP contribution in [0.1, 0.15) is 18.1 Å². The van der Waals surface area contributed by atoms with E-state index in [2.05, 4.69) is 10.0 Å². The number of amides is 1. The van der Waals surface area contributed by atoms with Crippen LogP contribution in [0.15, 0.2) is 53.4 Å². The first kappa shape index (κ1) is 22.0. The van der Waals surface area contributed by atoms with Gasteiger partial charge >= 0.3 is 0 Å². The van der Waals surface area contributed by atoms with Crippen LogP contribution in [0.4, 0.5) is 4.39 Å². The third kappa shape index (κ3) is 5.60. The Kier molecular flexibility index (Phi) is 6.91. The normalized spacial score (nSPS) is 13.1. The maximum Gasteiger partial charge on any atom is 0.238 e. The van der Waals surface area contributed by atoms with Crippen molar-refractivity contribution in [3.63, 3.8) is 0 Å². The number of sulfone groups is 1. The lowest BCUT2D eigenvalue weighted by Gasteiger charge is -2.14. The van der Waals surface area contributed by atoms with Crippen molar-refractivity contribution in [3.05, 3.63) is 65.5 Å². The molecule has 2 N–H and O–H groups in total. The van der Waals surface area contributed by atoms with Gasteiger partial charge < -0.3 is 5.32 Å². The first-order chi connectivity index (χ1) is 13.0. The number of hydrogen-bond acceptors (Lipinski definition) is 5. The Morgan fingerprint density at radius 2 is 1.50 bits per heavy atom. The molecule has 152 valence electrons. The number of carbonyl (C=O) groups excluding carboxylic acids is 1. The van der Waals surface area contributed by atoms with E-state index in [1.165, 1.54) is 14.0 Å². The zero-order valence-electron chi connectivity index (χ0n) is 15.3. The van der Waals surface area contributed by atoms with E-state index in [0.29, 0.717) is 11.1 Å². The predicted octanol–water partition coefficient (Wildman–Crippen LogP) is 1.35. The number of nitrogens with one attached hydrogen (secondary N) is 2. The van der Waals surface area contributed by atoms with Crippen LogP contribution in [-0.2, 0) is 37.0 Å². The summed E-state index contributed by atoms with van der Waals surface area (Å²) in [7, 11) is -5.99. The van der Waals surface area contributed by atoms with Crippen LogP contribution < -0.4 is 10.0 Å². The van der Waals surface area contributed by atoms with Crippen LogP contribution in [0.25, 0.3) is 0 Å². The molecule has 0 bridgehead atoms. The first-order valence-corrected chi connectivity index (χ1v) is 11.5. The SMILES string of the molecule is CNS(=O)(=O)Cc1ccc(CNC(=O)C(C)S(=O)(=O)c2ccc(F)cc2)cc1. The number of halogens is 1. The average molecular weight is 429 g/mol. The second kappa shape index (κ2) is 8.80. The summed E-state index contributed by atoms with van der Waals surface area (Å²) in [5.74, 6) is -1.42. The molecule has 2 aromatic rings. The molecule has 10 heteroatoms. The molecule has 1 unspecified atom stereocenters. The van der Waals surface area contributed by atoms with Crippen LogP contribution in [-0.4, -0.2) is 35.0 Å². The zero-order valence-corrected chi connectivity index (χ0v) is 17.0. The summed E-state index contributed by atoms with van der Waals surface area (Å²) in [5.41, 5.74) is 1.27. The van der Waals surface area contributed by atoms with Gasteiger partial charge in [-0.05, 0) is 49.4 Å². The van der Waals surface area contributed by atoms with Crippen molar-refractivity contribution in [3.8, 4) is 0 Å². The lowest BCUT2D eigenvalue weighted by atomic mass is 10.1. The third-order valence-corrected chi connectivity index (χ3v) is 7.54. The number of sulfonamides is 1. The molecule has 0 aliphatic carbocycles. The van der Waals surface area contributed by atoms with Gasteiger partial charge in [0.1, 0.15) is 11.1 Å². The van der Waals surface area contributed by atoms with Gasteiger partial charge in [-0.2, -0.15) is 0 Å². The van der Waals surface area contributed by atoms with E-state index in [-0.39, 0.29) is 17.2 Å². The topological polar surface area (TPSA) is 109 Å². The molecule has 0 aromatic heterocycles. The van der Waals surface area contributed by atoms with Crippen molar-refractivity contribution < 1.29 is 26.0 Å². The van der Waals surface area contributed by atoms with Crippen LogP contribution in [0.2, 0.25) is 0 Å². The lowest BCUT2D eigenvalue weighted by Crippen LogP contribution is -2.37. The largest absolute Gasteiger partial charge is 0.351 e. The van der Waals surface area contributed by atoms with E-state index in [1.54, 1.807) is 24.3 Å². The summed E-state index contributed by atoms with van der Waals surface area (Å²) in [4.78, 5) is 12.1. The Morgan fingerprint density at radius 3 is 2.04 bits per heavy atom. The molecule has 0 heterocycles. The van der Waals surface area contributed by atoms with Crippen molar-refractivity contribution in [1.29, 1.82) is 0 Å². The minimum atomic E-state index is -3.94. The Morgan fingerprint density at radius 1 is 0.964 bits per heavy atom. The predicted molar refractivity (Wildman–Crippen MR) is 103 cm³/mol. The Hall–Kier alpha value is -2.30. The van der Waals surface area contributed by atoms with E-state index in [1.807, 2.05) is 0 Å². The highest BCUT2D eigenvalue weighted by Gasteiger charge is 2.29. The molecule has 28 heavy (non-hydrogen) atoms. The minimum Gasteiger partial charge on any atom is -0.351 e. The second-order valence-electron chi connectivity index (χ2n) is 6.14. The zero-order chi connectivity index (χ0) is 20.9. The Labute approximate surface area is 163 Å². The van der Waals surface area contributed by atoms with Crippen molar-refractivity contribution in [2.24, 2.45) is 0 Å². The molecule has 7 nitrogen and oxygen atoms in total. The van der Waals surface area contributed by atoms with Crippen LogP contribution in [0.3, 0.4) is 0 Å². The van der Waals surface area contributed by atoms with E-state index in [4.69, 9.17) is 0 Å². The molecule has 0 aliphatic rings. The molecule has 2 rings (SSSR count). The Bertz CT molecular complexity index is 1030. The smallest absolute Gasteiger partial charge is 0.238 e. The number of benzene rings is 2. The number of hydrogen-bond donors (Lipinski definition) is 2. The highest BCUT2D eigenvalue weighted by molar-refractivity contribution is 7.92. The van der Waals surface area contributed by atoms with E-state index in [9.17, 15) is 26.0 Å². The van der Waals surface area contributed by atoms with Gasteiger partial charge in [0, 0.05) is 6.54 Å². The van der Waals surface area contributed by atoms with Crippen molar-refractivity contribution in [2.45, 2.75) is 29.4 Å². The van der Waals surface area contributed by atoms with Gasteiger partial charge in [0.05, 0.1) is 10.6 Å². The molecule has 0 saturated carbocycles. The summed E-state index contributed by atoms with van der Waals surface area (Å²) >= 11 is 0. The van der Waals surface area contributed by atoms with E-state index in [0.717, 1.165) is 24.3 Å². The molecule has 0 radical (unpaired) electrons. The van der Waals surface area contributed by atoms with Gasteiger partial charge in [-0.3, -0.25) is 4.79 Å². The number of rotatable bonds is 8. The molecule has 0 spiro atoms. The molecular weight excluding hydrogens is 407 g/mol. The molecule has 0 aliphatic heterocycles. The van der Waals surface area contributed by atoms with Gasteiger partial charge in [0.2, 0.25) is 15.9 Å². The van der Waals surface area contributed by atoms with Gasteiger partial charge in [-0.25, -0.2) is 25.9 Å². The summed E-state index contributed by atoms with van der Waals surface area (Å²) in [5, 5.41) is 1.19. The average Bonchev–Trinajstić information content (AvgIpc) is 2.66. The molecule has 2 aromatic carbocycles. The van der Waals surface area contributed by atoms with Gasteiger partial charge in [-0.15, -0.1) is 0 Å². The fourth-order valence-electron chi connectivity index (χ4n) is 2.35. The highest BCUT2D eigenvalue weighted by atomic mass is 32.2. The molecular formula is C18H21FN2O5S2. The monoisotopic (exact) mass is 428 g/mol. The standard InChI is InChI=1S/C18H21FN2O5S2/c1-13(28(25,26)17-9-7-16(19)8-10-17)18(22)21-11-14-3-5-15(6-4-14)12-27(23,24)20-2/h3-10,13,20H,11-12H2,1-2H3,(H,21,22). The van der Waals surface area contributed by atoms with Crippen LogP contribution in [0.5, 0.6) is 0 Å². The van der Waals surface area contributed by atoms with Crippen LogP contribution in [0, 0.1) is 5.82 Å². The molecule has 0 fully saturated rings. The van der Waals surface area contributed by atoms with Crippen molar-refractivity contribution in [1.82, 2.24) is 10.0 Å². The van der Waals surface area contributed by atoms with Gasteiger partial charge in [0.15, 0.2) is 9.84 Å². The van der Waals surface area contributed by atoms with Crippen molar-refractivity contribution in [2.75, 3.05) is 7.05 Å². The second-order valence-corrected chi connectivity index (χ2v) is 10.3. The number of carbonyl (C=O) groups is 1. The lowest BCUT2D eigenvalue weighted by molar-refractivity contribution is -0.120. The van der Waals surface area contributed by atoms with Crippen LogP contribution >= 0.6 is 0 Å². The summed E-state index contributed by atoms with van der Waals surface area (Å²) in [6, 6.07) is 10.8. The maximum absolute atomic E-state index is 13.0. The maximum atomic E-state index is 13.0. The quantitative estimate of drug-likeness (QED) is 0.617. The van der Waals surface area contributed by atoms with Gasteiger partial charge in [-0.1, -0.05) is 24.3 Å². The van der Waals surface area contributed by atoms with E-state index < -0.39 is 36.8 Å². The summed E-state index contributed by atoms with van der Waals surface area (Å²) < 4.78 is 63.2. The Balaban J connectivity index is 2.00. The summed E-state index contributed by atoms with van der Waals surface area (Å²) in [6.45, 7) is 1.35.